The van der Waals surface area contributed by atoms with E-state index in [1.807, 2.05) is 0 Å². The first-order valence-electron chi connectivity index (χ1n) is 4.98. The molecule has 0 bridgehead atoms. The third-order valence-corrected chi connectivity index (χ3v) is 2.49. The van der Waals surface area contributed by atoms with Gasteiger partial charge in [0, 0.05) is 12.3 Å². The molecule has 0 spiro atoms. The second kappa shape index (κ2) is 3.89. The molecule has 17 heavy (non-hydrogen) atoms. The highest BCUT2D eigenvalue weighted by Gasteiger charge is 2.12. The quantitative estimate of drug-likeness (QED) is 0.805. The van der Waals surface area contributed by atoms with E-state index in [4.69, 9.17) is 5.11 Å². The van der Waals surface area contributed by atoms with Crippen LogP contribution in [-0.4, -0.2) is 25.8 Å². The lowest BCUT2D eigenvalue weighted by molar-refractivity contribution is 0.0696. The van der Waals surface area contributed by atoms with E-state index in [1.165, 1.54) is 22.9 Å². The summed E-state index contributed by atoms with van der Waals surface area (Å²) < 4.78 is 1.29. The van der Waals surface area contributed by atoms with Crippen LogP contribution in [0.25, 0.3) is 5.69 Å². The molecule has 0 saturated heterocycles. The first-order valence-corrected chi connectivity index (χ1v) is 4.98. The molecule has 0 amide bonds. The van der Waals surface area contributed by atoms with E-state index in [0.29, 0.717) is 17.1 Å². The zero-order valence-electron chi connectivity index (χ0n) is 9.39. The number of rotatable bonds is 2. The van der Waals surface area contributed by atoms with Crippen LogP contribution in [0.4, 0.5) is 0 Å². The van der Waals surface area contributed by atoms with E-state index in [-0.39, 0.29) is 11.1 Å². The van der Waals surface area contributed by atoms with Crippen molar-refractivity contribution < 1.29 is 9.90 Å². The monoisotopic (exact) mass is 233 g/mol. The van der Waals surface area contributed by atoms with E-state index in [1.54, 1.807) is 13.8 Å². The Morgan fingerprint density at radius 1 is 1.41 bits per heavy atom. The third-order valence-electron chi connectivity index (χ3n) is 2.49. The average molecular weight is 233 g/mol. The van der Waals surface area contributed by atoms with Gasteiger partial charge in [0.05, 0.1) is 22.6 Å². The second-order valence-corrected chi connectivity index (χ2v) is 3.71. The number of nitrogens with one attached hydrogen (secondary N) is 1. The number of carboxylic acids is 1. The van der Waals surface area contributed by atoms with Gasteiger partial charge >= 0.3 is 5.97 Å². The molecule has 6 nitrogen and oxygen atoms in total. The van der Waals surface area contributed by atoms with Gasteiger partial charge in [0.1, 0.15) is 0 Å². The van der Waals surface area contributed by atoms with Crippen molar-refractivity contribution in [2.75, 3.05) is 0 Å². The van der Waals surface area contributed by atoms with Gasteiger partial charge in [-0.25, -0.2) is 4.79 Å². The Labute approximate surface area is 96.5 Å². The van der Waals surface area contributed by atoms with Crippen LogP contribution in [0.3, 0.4) is 0 Å². The summed E-state index contributed by atoms with van der Waals surface area (Å²) in [5.41, 5.74) is 1.73. The normalized spacial score (nSPS) is 10.5. The summed E-state index contributed by atoms with van der Waals surface area (Å²) in [5, 5.41) is 15.6. The lowest BCUT2D eigenvalue weighted by atomic mass is 10.2. The Hall–Kier alpha value is -2.37. The molecule has 0 atom stereocenters. The fraction of sp³-hybridized carbons (Fsp3) is 0.182. The van der Waals surface area contributed by atoms with Crippen LogP contribution in [0.5, 0.6) is 0 Å². The van der Waals surface area contributed by atoms with Crippen LogP contribution >= 0.6 is 0 Å². The highest BCUT2D eigenvalue weighted by molar-refractivity contribution is 5.87. The van der Waals surface area contributed by atoms with Gasteiger partial charge in [-0.2, -0.15) is 5.10 Å². The molecule has 0 aliphatic heterocycles. The third kappa shape index (κ3) is 1.84. The Bertz CT molecular complexity index is 620. The minimum Gasteiger partial charge on any atom is -0.478 e. The highest BCUT2D eigenvalue weighted by Crippen LogP contribution is 2.14. The van der Waals surface area contributed by atoms with Gasteiger partial charge in [-0.1, -0.05) is 0 Å². The Morgan fingerprint density at radius 2 is 2.12 bits per heavy atom. The Balaban J connectivity index is 2.71. The molecule has 0 aromatic carbocycles. The SMILES string of the molecule is Cc1n[nH]c(C)c1-n1cc(C(=O)O)ccc1=O. The number of H-pyrrole nitrogens is 1. The van der Waals surface area contributed by atoms with Gasteiger partial charge in [-0.3, -0.25) is 14.5 Å². The molecular formula is C11H11N3O3. The van der Waals surface area contributed by atoms with Crippen molar-refractivity contribution in [3.63, 3.8) is 0 Å². The van der Waals surface area contributed by atoms with Crippen molar-refractivity contribution in [2.45, 2.75) is 13.8 Å². The molecule has 0 radical (unpaired) electrons. The molecule has 2 aromatic rings. The number of carbonyl (C=O) groups is 1. The fourth-order valence-electron chi connectivity index (χ4n) is 1.69. The van der Waals surface area contributed by atoms with Gasteiger partial charge in [0.25, 0.3) is 5.56 Å². The molecule has 0 aliphatic rings. The van der Waals surface area contributed by atoms with Crippen LogP contribution in [-0.2, 0) is 0 Å². The number of hydrogen-bond acceptors (Lipinski definition) is 3. The summed E-state index contributed by atoms with van der Waals surface area (Å²) in [5.74, 6) is -1.07. The molecule has 0 saturated carbocycles. The predicted octanol–water partition coefficient (Wildman–Crippen LogP) is 0.876. The highest BCUT2D eigenvalue weighted by atomic mass is 16.4. The van der Waals surface area contributed by atoms with Crippen molar-refractivity contribution in [2.24, 2.45) is 0 Å². The minimum atomic E-state index is -1.07. The lowest BCUT2D eigenvalue weighted by Gasteiger charge is -2.06. The number of aromatic carboxylic acids is 1. The van der Waals surface area contributed by atoms with Crippen LogP contribution in [0, 0.1) is 13.8 Å². The van der Waals surface area contributed by atoms with Crippen LogP contribution in [0.15, 0.2) is 23.1 Å². The predicted molar refractivity (Wildman–Crippen MR) is 60.6 cm³/mol. The maximum absolute atomic E-state index is 11.7. The van der Waals surface area contributed by atoms with Gasteiger partial charge in [0.2, 0.25) is 0 Å². The molecule has 88 valence electrons. The smallest absolute Gasteiger partial charge is 0.337 e. The Kier molecular flexibility index (Phi) is 2.55. The van der Waals surface area contributed by atoms with Crippen molar-refractivity contribution >= 4 is 5.97 Å². The second-order valence-electron chi connectivity index (χ2n) is 3.71. The molecule has 0 unspecified atom stereocenters. The molecule has 0 fully saturated rings. The van der Waals surface area contributed by atoms with Crippen molar-refractivity contribution in [1.82, 2.24) is 14.8 Å². The summed E-state index contributed by atoms with van der Waals surface area (Å²) in [6.07, 6.45) is 1.30. The first-order chi connectivity index (χ1) is 8.00. The number of aromatic amines is 1. The molecule has 0 aliphatic carbocycles. The summed E-state index contributed by atoms with van der Waals surface area (Å²) in [6.45, 7) is 3.52. The maximum Gasteiger partial charge on any atom is 0.337 e. The molecule has 2 heterocycles. The van der Waals surface area contributed by atoms with Crippen molar-refractivity contribution in [3.8, 4) is 5.69 Å². The number of nitrogens with zero attached hydrogens (tertiary/aromatic N) is 2. The summed E-state index contributed by atoms with van der Waals surface area (Å²) in [4.78, 5) is 22.6. The zero-order chi connectivity index (χ0) is 12.6. The minimum absolute atomic E-state index is 0.0598. The van der Waals surface area contributed by atoms with Crippen LogP contribution in [0.2, 0.25) is 0 Å². The number of pyridine rings is 1. The fourth-order valence-corrected chi connectivity index (χ4v) is 1.69. The number of aryl methyl sites for hydroxylation is 2. The standard InChI is InChI=1S/C11H11N3O3/c1-6-10(7(2)13-12-6)14-5-8(11(16)17)3-4-9(14)15/h3-5H,1-2H3,(H,12,13)(H,16,17). The maximum atomic E-state index is 11.7. The molecule has 2 aromatic heterocycles. The van der Waals surface area contributed by atoms with E-state index in [2.05, 4.69) is 10.2 Å². The number of hydrogen-bond donors (Lipinski definition) is 2. The van der Waals surface area contributed by atoms with Gasteiger partial charge < -0.3 is 5.11 Å². The molecule has 2 N–H and O–H groups in total. The topological polar surface area (TPSA) is 88.0 Å². The largest absolute Gasteiger partial charge is 0.478 e. The molecular weight excluding hydrogens is 222 g/mol. The van der Waals surface area contributed by atoms with E-state index in [0.717, 1.165) is 0 Å². The van der Waals surface area contributed by atoms with Crippen LogP contribution < -0.4 is 5.56 Å². The lowest BCUT2D eigenvalue weighted by Crippen LogP contribution is -2.19. The van der Waals surface area contributed by atoms with Crippen molar-refractivity contribution in [3.05, 3.63) is 45.6 Å². The van der Waals surface area contributed by atoms with Crippen molar-refractivity contribution in [1.29, 1.82) is 0 Å². The summed E-state index contributed by atoms with van der Waals surface area (Å²) >= 11 is 0. The molecule has 2 rings (SSSR count). The van der Waals surface area contributed by atoms with E-state index >= 15 is 0 Å². The summed E-state index contributed by atoms with van der Waals surface area (Å²) in [7, 11) is 0. The number of carboxylic acid groups (broad SMARTS) is 1. The average Bonchev–Trinajstić information content (AvgIpc) is 2.59. The van der Waals surface area contributed by atoms with Gasteiger partial charge in [-0.05, 0) is 19.9 Å². The van der Waals surface area contributed by atoms with Gasteiger partial charge in [0.15, 0.2) is 0 Å². The molecule has 6 heteroatoms. The van der Waals surface area contributed by atoms with E-state index in [9.17, 15) is 9.59 Å². The van der Waals surface area contributed by atoms with Crippen LogP contribution in [0.1, 0.15) is 21.7 Å². The Morgan fingerprint density at radius 3 is 2.65 bits per heavy atom. The van der Waals surface area contributed by atoms with E-state index < -0.39 is 5.97 Å². The van der Waals surface area contributed by atoms with Gasteiger partial charge in [-0.15, -0.1) is 0 Å². The number of aromatic nitrogens is 3. The first kappa shape index (κ1) is 11.1. The zero-order valence-corrected chi connectivity index (χ0v) is 9.39. The summed E-state index contributed by atoms with van der Waals surface area (Å²) in [6, 6.07) is 2.52.